The Kier molecular flexibility index (Phi) is 2.58. The smallest absolute Gasteiger partial charge is 0.242 e. The van der Waals surface area contributed by atoms with Gasteiger partial charge in [-0.1, -0.05) is 6.07 Å². The molecular formula is C8H12N2O2S. The van der Waals surface area contributed by atoms with Gasteiger partial charge in [0.25, 0.3) is 0 Å². The molecule has 2 N–H and O–H groups in total. The molecule has 1 aromatic carbocycles. The summed E-state index contributed by atoms with van der Waals surface area (Å²) in [4.78, 5) is 0.220. The van der Waals surface area contributed by atoms with Crippen molar-refractivity contribution in [1.82, 2.24) is 4.31 Å². The Morgan fingerprint density at radius 1 is 1.31 bits per heavy atom. The average molecular weight is 200 g/mol. The fourth-order valence-electron chi connectivity index (χ4n) is 0.886. The molecule has 4 nitrogen and oxygen atoms in total. The number of nitrogen functional groups attached to an aromatic ring is 1. The molecule has 0 unspecified atom stereocenters. The first-order valence-corrected chi connectivity index (χ1v) is 5.16. The maximum atomic E-state index is 11.6. The highest BCUT2D eigenvalue weighted by atomic mass is 32.2. The SMILES string of the molecule is CN(C)S(=O)(=O)c1cccc(N)c1. The molecule has 1 rings (SSSR count). The first kappa shape index (κ1) is 10.0. The van der Waals surface area contributed by atoms with Gasteiger partial charge in [-0.3, -0.25) is 0 Å². The summed E-state index contributed by atoms with van der Waals surface area (Å²) in [5, 5.41) is 0. The molecule has 0 saturated heterocycles. The van der Waals surface area contributed by atoms with E-state index < -0.39 is 10.0 Å². The predicted octanol–water partition coefficient (Wildman–Crippen LogP) is 0.519. The van der Waals surface area contributed by atoms with Crippen LogP contribution in [0.2, 0.25) is 0 Å². The van der Waals surface area contributed by atoms with Crippen molar-refractivity contribution in [3.05, 3.63) is 24.3 Å². The number of benzene rings is 1. The molecule has 0 radical (unpaired) electrons. The van der Waals surface area contributed by atoms with Crippen molar-refractivity contribution in [3.8, 4) is 0 Å². The van der Waals surface area contributed by atoms with Gasteiger partial charge in [0, 0.05) is 19.8 Å². The fraction of sp³-hybridized carbons (Fsp3) is 0.250. The molecule has 0 aliphatic heterocycles. The van der Waals surface area contributed by atoms with Crippen LogP contribution in [0.15, 0.2) is 29.2 Å². The summed E-state index contributed by atoms with van der Waals surface area (Å²) in [6.45, 7) is 0. The van der Waals surface area contributed by atoms with Crippen LogP contribution in [0.4, 0.5) is 5.69 Å². The molecule has 5 heteroatoms. The Morgan fingerprint density at radius 3 is 2.38 bits per heavy atom. The summed E-state index contributed by atoms with van der Waals surface area (Å²) >= 11 is 0. The standard InChI is InChI=1S/C8H12N2O2S/c1-10(2)13(11,12)8-5-3-4-7(9)6-8/h3-6H,9H2,1-2H3. The Bertz CT molecular complexity index is 398. The van der Waals surface area contributed by atoms with E-state index in [1.165, 1.54) is 26.2 Å². The van der Waals surface area contributed by atoms with Crippen LogP contribution in [0.3, 0.4) is 0 Å². The topological polar surface area (TPSA) is 63.4 Å². The van der Waals surface area contributed by atoms with Crippen LogP contribution in [0, 0.1) is 0 Å². The van der Waals surface area contributed by atoms with Crippen LogP contribution in [-0.2, 0) is 10.0 Å². The molecule has 1 aromatic rings. The lowest BCUT2D eigenvalue weighted by atomic mass is 10.3. The monoisotopic (exact) mass is 200 g/mol. The van der Waals surface area contributed by atoms with E-state index in [1.54, 1.807) is 12.1 Å². The van der Waals surface area contributed by atoms with E-state index in [0.29, 0.717) is 5.69 Å². The van der Waals surface area contributed by atoms with Crippen molar-refractivity contribution in [2.45, 2.75) is 4.90 Å². The first-order valence-electron chi connectivity index (χ1n) is 3.72. The molecule has 0 atom stereocenters. The quantitative estimate of drug-likeness (QED) is 0.708. The Balaban J connectivity index is 3.24. The third kappa shape index (κ3) is 1.99. The maximum Gasteiger partial charge on any atom is 0.242 e. The van der Waals surface area contributed by atoms with Gasteiger partial charge in [0.15, 0.2) is 0 Å². The summed E-state index contributed by atoms with van der Waals surface area (Å²) in [6, 6.07) is 6.22. The second-order valence-corrected chi connectivity index (χ2v) is 5.01. The fourth-order valence-corrected chi connectivity index (χ4v) is 1.84. The Morgan fingerprint density at radius 2 is 1.92 bits per heavy atom. The summed E-state index contributed by atoms with van der Waals surface area (Å²) in [5.74, 6) is 0. The largest absolute Gasteiger partial charge is 0.399 e. The van der Waals surface area contributed by atoms with Crippen molar-refractivity contribution in [3.63, 3.8) is 0 Å². The number of sulfonamides is 1. The van der Waals surface area contributed by atoms with Crippen LogP contribution in [0.1, 0.15) is 0 Å². The van der Waals surface area contributed by atoms with Crippen molar-refractivity contribution in [2.75, 3.05) is 19.8 Å². The molecule has 0 fully saturated rings. The molecule has 72 valence electrons. The summed E-state index contributed by atoms with van der Waals surface area (Å²) in [7, 11) is -0.377. The number of nitrogens with two attached hydrogens (primary N) is 1. The Labute approximate surface area is 78.0 Å². The highest BCUT2D eigenvalue weighted by molar-refractivity contribution is 7.89. The van der Waals surface area contributed by atoms with Crippen LogP contribution in [-0.4, -0.2) is 26.8 Å². The highest BCUT2D eigenvalue weighted by Crippen LogP contribution is 2.15. The summed E-state index contributed by atoms with van der Waals surface area (Å²) < 4.78 is 24.3. The van der Waals surface area contributed by atoms with Gasteiger partial charge in [-0.2, -0.15) is 0 Å². The molecule has 0 aliphatic rings. The molecule has 0 aliphatic carbocycles. The van der Waals surface area contributed by atoms with E-state index in [0.717, 1.165) is 4.31 Å². The van der Waals surface area contributed by atoms with E-state index >= 15 is 0 Å². The second-order valence-electron chi connectivity index (χ2n) is 2.86. The van der Waals surface area contributed by atoms with E-state index in [4.69, 9.17) is 5.73 Å². The van der Waals surface area contributed by atoms with Crippen molar-refractivity contribution < 1.29 is 8.42 Å². The van der Waals surface area contributed by atoms with Gasteiger partial charge in [0.2, 0.25) is 10.0 Å². The number of anilines is 1. The predicted molar refractivity (Wildman–Crippen MR) is 51.7 cm³/mol. The lowest BCUT2D eigenvalue weighted by Crippen LogP contribution is -2.22. The molecular weight excluding hydrogens is 188 g/mol. The zero-order chi connectivity index (χ0) is 10.1. The molecule has 0 saturated carbocycles. The number of nitrogens with zero attached hydrogens (tertiary/aromatic N) is 1. The van der Waals surface area contributed by atoms with Crippen molar-refractivity contribution in [2.24, 2.45) is 0 Å². The van der Waals surface area contributed by atoms with E-state index in [1.807, 2.05) is 0 Å². The van der Waals surface area contributed by atoms with Crippen LogP contribution in [0.5, 0.6) is 0 Å². The molecule has 0 spiro atoms. The lowest BCUT2D eigenvalue weighted by Gasteiger charge is -2.11. The minimum absolute atomic E-state index is 0.220. The number of rotatable bonds is 2. The third-order valence-electron chi connectivity index (χ3n) is 1.64. The maximum absolute atomic E-state index is 11.6. The van der Waals surface area contributed by atoms with Gasteiger partial charge in [-0.15, -0.1) is 0 Å². The zero-order valence-corrected chi connectivity index (χ0v) is 8.38. The zero-order valence-electron chi connectivity index (χ0n) is 7.56. The normalized spacial score (nSPS) is 11.9. The van der Waals surface area contributed by atoms with Crippen molar-refractivity contribution >= 4 is 15.7 Å². The van der Waals surface area contributed by atoms with Gasteiger partial charge >= 0.3 is 0 Å². The molecule has 0 aromatic heterocycles. The highest BCUT2D eigenvalue weighted by Gasteiger charge is 2.16. The number of hydrogen-bond acceptors (Lipinski definition) is 3. The van der Waals surface area contributed by atoms with Gasteiger partial charge in [0.05, 0.1) is 4.90 Å². The van der Waals surface area contributed by atoms with Crippen LogP contribution in [0.25, 0.3) is 0 Å². The van der Waals surface area contributed by atoms with E-state index in [2.05, 4.69) is 0 Å². The van der Waals surface area contributed by atoms with Crippen LogP contribution < -0.4 is 5.73 Å². The lowest BCUT2D eigenvalue weighted by molar-refractivity contribution is 0.521. The van der Waals surface area contributed by atoms with Crippen molar-refractivity contribution in [1.29, 1.82) is 0 Å². The molecule has 13 heavy (non-hydrogen) atoms. The van der Waals surface area contributed by atoms with Gasteiger partial charge in [0.1, 0.15) is 0 Å². The number of hydrogen-bond donors (Lipinski definition) is 1. The minimum atomic E-state index is -3.35. The van der Waals surface area contributed by atoms with E-state index in [9.17, 15) is 8.42 Å². The Hall–Kier alpha value is -1.07. The molecule has 0 heterocycles. The molecule has 0 bridgehead atoms. The minimum Gasteiger partial charge on any atom is -0.399 e. The first-order chi connectivity index (χ1) is 5.94. The second kappa shape index (κ2) is 3.35. The van der Waals surface area contributed by atoms with Gasteiger partial charge in [-0.25, -0.2) is 12.7 Å². The third-order valence-corrected chi connectivity index (χ3v) is 3.45. The van der Waals surface area contributed by atoms with Crippen LogP contribution >= 0.6 is 0 Å². The molecule has 0 amide bonds. The van der Waals surface area contributed by atoms with E-state index in [-0.39, 0.29) is 4.90 Å². The summed E-state index contributed by atoms with van der Waals surface area (Å²) in [6.07, 6.45) is 0. The van der Waals surface area contributed by atoms with Gasteiger partial charge in [-0.05, 0) is 18.2 Å². The average Bonchev–Trinajstić information content (AvgIpc) is 2.04. The van der Waals surface area contributed by atoms with Gasteiger partial charge < -0.3 is 5.73 Å². The summed E-state index contributed by atoms with van der Waals surface area (Å²) in [5.41, 5.74) is 5.92.